The zero-order chi connectivity index (χ0) is 14.7. The number of hydrogen-bond donors (Lipinski definition) is 2. The van der Waals surface area contributed by atoms with Crippen molar-refractivity contribution in [3.05, 3.63) is 0 Å². The molecule has 18 heavy (non-hydrogen) atoms. The Morgan fingerprint density at radius 2 is 1.33 bits per heavy atom. The number of hydrogen-bond acceptors (Lipinski definition) is 6. The van der Waals surface area contributed by atoms with Crippen LogP contribution in [-0.2, 0) is 20.2 Å². The van der Waals surface area contributed by atoms with Gasteiger partial charge in [-0.05, 0) is 0 Å². The SMILES string of the molecule is [2H]C(CN1CCN(CCS(=O)(=O)O)CC1)S(=O)(=O)O. The van der Waals surface area contributed by atoms with Gasteiger partial charge in [0.25, 0.3) is 20.2 Å². The highest BCUT2D eigenvalue weighted by molar-refractivity contribution is 7.86. The minimum atomic E-state index is -4.35. The maximum atomic E-state index is 10.7. The van der Waals surface area contributed by atoms with Gasteiger partial charge in [-0.1, -0.05) is 0 Å². The van der Waals surface area contributed by atoms with Crippen LogP contribution in [0.5, 0.6) is 0 Å². The maximum absolute atomic E-state index is 10.7. The molecule has 108 valence electrons. The van der Waals surface area contributed by atoms with Gasteiger partial charge in [-0.25, -0.2) is 0 Å². The van der Waals surface area contributed by atoms with Crippen molar-refractivity contribution in [1.29, 1.82) is 0 Å². The first kappa shape index (κ1) is 14.2. The molecule has 1 atom stereocenters. The summed E-state index contributed by atoms with van der Waals surface area (Å²) in [5, 5.41) is 0. The van der Waals surface area contributed by atoms with E-state index < -0.39 is 26.0 Å². The smallest absolute Gasteiger partial charge is 0.266 e. The van der Waals surface area contributed by atoms with Crippen molar-refractivity contribution in [3.8, 4) is 0 Å². The van der Waals surface area contributed by atoms with Crippen LogP contribution in [0.2, 0.25) is 0 Å². The highest BCUT2D eigenvalue weighted by Gasteiger charge is 2.19. The third-order valence-electron chi connectivity index (χ3n) is 2.67. The lowest BCUT2D eigenvalue weighted by molar-refractivity contribution is 0.143. The Labute approximate surface area is 108 Å². The van der Waals surface area contributed by atoms with E-state index in [1.165, 1.54) is 0 Å². The molecule has 10 heteroatoms. The maximum Gasteiger partial charge on any atom is 0.266 e. The van der Waals surface area contributed by atoms with Gasteiger partial charge in [0.2, 0.25) is 0 Å². The Hall–Kier alpha value is -0.260. The van der Waals surface area contributed by atoms with Crippen molar-refractivity contribution in [2.24, 2.45) is 0 Å². The number of rotatable bonds is 6. The molecule has 2 N–H and O–H groups in total. The van der Waals surface area contributed by atoms with E-state index in [4.69, 9.17) is 10.5 Å². The summed E-state index contributed by atoms with van der Waals surface area (Å²) in [5.74, 6) is -0.334. The monoisotopic (exact) mass is 303 g/mol. The highest BCUT2D eigenvalue weighted by atomic mass is 32.2. The lowest BCUT2D eigenvalue weighted by Gasteiger charge is -2.34. The standard InChI is InChI=1S/C8H18N2O6S2/c11-17(12,13)7-5-9-1-2-10(4-3-9)6-8-18(14,15)16/h1-8H2,(H,11,12,13)(H,14,15,16)/i7D. The number of piperazine rings is 1. The zero-order valence-electron chi connectivity index (χ0n) is 10.8. The van der Waals surface area contributed by atoms with Crippen molar-refractivity contribution in [2.45, 2.75) is 0 Å². The van der Waals surface area contributed by atoms with Crippen LogP contribution >= 0.6 is 0 Å². The van der Waals surface area contributed by atoms with Crippen molar-refractivity contribution >= 4 is 20.2 Å². The minimum absolute atomic E-state index is 0.0784. The van der Waals surface area contributed by atoms with Gasteiger partial charge < -0.3 is 0 Å². The van der Waals surface area contributed by atoms with E-state index in [-0.39, 0.29) is 18.8 Å². The van der Waals surface area contributed by atoms with Crippen molar-refractivity contribution in [1.82, 2.24) is 9.80 Å². The Bertz CT molecular complexity index is 485. The molecule has 1 unspecified atom stereocenters. The van der Waals surface area contributed by atoms with Crippen LogP contribution in [-0.4, -0.2) is 86.5 Å². The molecule has 0 bridgehead atoms. The second-order valence-electron chi connectivity index (χ2n) is 4.11. The third-order valence-corrected chi connectivity index (χ3v) is 3.94. The van der Waals surface area contributed by atoms with Gasteiger partial charge in [-0.15, -0.1) is 0 Å². The molecule has 8 nitrogen and oxygen atoms in total. The first-order valence-electron chi connectivity index (χ1n) is 5.94. The molecule has 1 aliphatic rings. The van der Waals surface area contributed by atoms with E-state index >= 15 is 0 Å². The summed E-state index contributed by atoms with van der Waals surface area (Å²) in [7, 11) is -8.32. The average Bonchev–Trinajstić information content (AvgIpc) is 2.26. The van der Waals surface area contributed by atoms with Crippen LogP contribution in [0, 0.1) is 0 Å². The molecule has 0 radical (unpaired) electrons. The topological polar surface area (TPSA) is 115 Å². The summed E-state index contributed by atoms with van der Waals surface area (Å²) in [6.07, 6.45) is 0. The van der Waals surface area contributed by atoms with E-state index in [1.807, 2.05) is 4.90 Å². The van der Waals surface area contributed by atoms with Crippen LogP contribution in [0.4, 0.5) is 0 Å². The van der Waals surface area contributed by atoms with Crippen LogP contribution in [0.15, 0.2) is 0 Å². The molecule has 0 aliphatic carbocycles. The van der Waals surface area contributed by atoms with Crippen LogP contribution in [0.25, 0.3) is 0 Å². The minimum Gasteiger partial charge on any atom is -0.300 e. The van der Waals surface area contributed by atoms with E-state index in [0.29, 0.717) is 26.2 Å². The quantitative estimate of drug-likeness (QED) is 0.563. The van der Waals surface area contributed by atoms with Gasteiger partial charge in [0.1, 0.15) is 0 Å². The summed E-state index contributed by atoms with van der Waals surface area (Å²) in [6.45, 7) is 2.15. The summed E-state index contributed by atoms with van der Waals surface area (Å²) < 4.78 is 67.2. The summed E-state index contributed by atoms with van der Waals surface area (Å²) >= 11 is 0. The normalized spacial score (nSPS) is 22.7. The van der Waals surface area contributed by atoms with E-state index in [0.717, 1.165) is 0 Å². The van der Waals surface area contributed by atoms with E-state index in [2.05, 4.69) is 0 Å². The van der Waals surface area contributed by atoms with Gasteiger partial charge >= 0.3 is 0 Å². The van der Waals surface area contributed by atoms with Crippen molar-refractivity contribution in [2.75, 3.05) is 50.8 Å². The molecule has 0 aromatic rings. The summed E-state index contributed by atoms with van der Waals surface area (Å²) in [5.41, 5.74) is -1.59. The first-order valence-corrected chi connectivity index (χ1v) is 8.47. The lowest BCUT2D eigenvalue weighted by atomic mass is 10.3. The second kappa shape index (κ2) is 6.26. The van der Waals surface area contributed by atoms with Crippen molar-refractivity contribution in [3.63, 3.8) is 0 Å². The van der Waals surface area contributed by atoms with E-state index in [1.54, 1.807) is 4.90 Å². The fraction of sp³-hybridized carbons (Fsp3) is 1.00. The molecule has 0 aromatic carbocycles. The molecule has 0 spiro atoms. The molecular formula is C8H18N2O6S2. The Balaban J connectivity index is 2.33. The molecule has 1 saturated heterocycles. The Morgan fingerprint density at radius 1 is 0.889 bits per heavy atom. The Kier molecular flexibility index (Phi) is 4.92. The predicted octanol–water partition coefficient (Wildman–Crippen LogP) is -1.62. The zero-order valence-corrected chi connectivity index (χ0v) is 11.4. The molecule has 1 rings (SSSR count). The largest absolute Gasteiger partial charge is 0.300 e. The van der Waals surface area contributed by atoms with Crippen LogP contribution in [0.1, 0.15) is 1.37 Å². The molecule has 0 saturated carbocycles. The molecule has 1 aliphatic heterocycles. The third kappa shape index (κ3) is 7.24. The van der Waals surface area contributed by atoms with Crippen molar-refractivity contribution < 1.29 is 27.3 Å². The molecule has 1 heterocycles. The second-order valence-corrected chi connectivity index (χ2v) is 7.05. The summed E-state index contributed by atoms with van der Waals surface area (Å²) in [4.78, 5) is 3.55. The van der Waals surface area contributed by atoms with Gasteiger partial charge in [0.05, 0.1) is 11.5 Å². The van der Waals surface area contributed by atoms with Crippen LogP contribution < -0.4 is 0 Å². The molecular weight excluding hydrogens is 284 g/mol. The lowest BCUT2D eigenvalue weighted by Crippen LogP contribution is -2.48. The van der Waals surface area contributed by atoms with Gasteiger partial charge in [0.15, 0.2) is 0 Å². The molecule has 0 amide bonds. The first-order chi connectivity index (χ1) is 8.58. The summed E-state index contributed by atoms with van der Waals surface area (Å²) in [6, 6.07) is 0. The molecule has 1 fully saturated rings. The van der Waals surface area contributed by atoms with Crippen LogP contribution in [0.3, 0.4) is 0 Å². The number of nitrogens with zero attached hydrogens (tertiary/aromatic N) is 2. The average molecular weight is 303 g/mol. The van der Waals surface area contributed by atoms with Gasteiger partial charge in [-0.2, -0.15) is 16.8 Å². The fourth-order valence-electron chi connectivity index (χ4n) is 1.64. The van der Waals surface area contributed by atoms with E-state index in [9.17, 15) is 16.8 Å². The van der Waals surface area contributed by atoms with Gasteiger partial charge in [0, 0.05) is 40.6 Å². The van der Waals surface area contributed by atoms with Gasteiger partial charge in [-0.3, -0.25) is 18.9 Å². The predicted molar refractivity (Wildman–Crippen MR) is 65.7 cm³/mol. The highest BCUT2D eigenvalue weighted by Crippen LogP contribution is 2.02. The Morgan fingerprint density at radius 3 is 1.72 bits per heavy atom. The fourth-order valence-corrected chi connectivity index (χ4v) is 2.53. The molecule has 0 aromatic heterocycles.